The van der Waals surface area contributed by atoms with Crippen molar-refractivity contribution in [3.63, 3.8) is 0 Å². The number of fused-ring (bicyclic) bond motifs is 1. The van der Waals surface area contributed by atoms with Crippen LogP contribution in [0.4, 0.5) is 17.1 Å². The summed E-state index contributed by atoms with van der Waals surface area (Å²) in [6.07, 6.45) is 5.91. The first-order valence-corrected chi connectivity index (χ1v) is 20.3. The zero-order valence-electron chi connectivity index (χ0n) is 31.6. The van der Waals surface area contributed by atoms with Crippen LogP contribution in [0.25, 0.3) is 10.9 Å². The third kappa shape index (κ3) is 12.3. The number of nitrogens with one attached hydrogen (secondary N) is 1. The van der Waals surface area contributed by atoms with Gasteiger partial charge in [-0.1, -0.05) is 53.6 Å². The Hall–Kier alpha value is -6.45. The van der Waals surface area contributed by atoms with Crippen LogP contribution in [0.2, 0.25) is 0 Å². The molecule has 7 aromatic rings. The average molecular weight is 804 g/mol. The monoisotopic (exact) mass is 803 g/mol. The third-order valence-electron chi connectivity index (χ3n) is 8.38. The molecular weight excluding hydrogens is 763 g/mol. The van der Waals surface area contributed by atoms with Crippen LogP contribution in [0, 0.1) is 13.8 Å². The molecule has 0 fully saturated rings. The number of benzene rings is 5. The lowest BCUT2D eigenvalue weighted by Crippen LogP contribution is -2.11. The maximum Gasteiger partial charge on any atom is 0.294 e. The summed E-state index contributed by atoms with van der Waals surface area (Å²) in [5.74, 6) is -0.172. The van der Waals surface area contributed by atoms with Crippen LogP contribution in [-0.2, 0) is 34.3 Å². The highest BCUT2D eigenvalue weighted by Gasteiger charge is 2.09. The highest BCUT2D eigenvalue weighted by molar-refractivity contribution is 7.86. The number of pyridine rings is 2. The second-order valence-corrected chi connectivity index (χ2v) is 15.7. The van der Waals surface area contributed by atoms with Gasteiger partial charge in [0.1, 0.15) is 0 Å². The quantitative estimate of drug-likeness (QED) is 0.144. The maximum absolute atomic E-state index is 12.7. The number of nitrogens with zero attached hydrogens (tertiary/aromatic N) is 4. The van der Waals surface area contributed by atoms with E-state index in [0.29, 0.717) is 11.3 Å². The summed E-state index contributed by atoms with van der Waals surface area (Å²) in [6, 6.07) is 40.8. The lowest BCUT2D eigenvalue weighted by Gasteiger charge is -2.07. The van der Waals surface area contributed by atoms with Crippen molar-refractivity contribution in [2.24, 2.45) is 24.1 Å². The number of hydrogen-bond donors (Lipinski definition) is 3. The molecule has 0 bridgehead atoms. The van der Waals surface area contributed by atoms with Crippen LogP contribution in [0.3, 0.4) is 0 Å². The van der Waals surface area contributed by atoms with E-state index >= 15 is 0 Å². The van der Waals surface area contributed by atoms with Crippen molar-refractivity contribution < 1.29 is 30.7 Å². The molecule has 0 radical (unpaired) electrons. The van der Waals surface area contributed by atoms with E-state index in [-0.39, 0.29) is 15.7 Å². The summed E-state index contributed by atoms with van der Waals surface area (Å²) < 4.78 is 63.1. The summed E-state index contributed by atoms with van der Waals surface area (Å²) in [4.78, 5) is 22.0. The van der Waals surface area contributed by atoms with Gasteiger partial charge in [0.15, 0.2) is 0 Å². The van der Waals surface area contributed by atoms with Crippen LogP contribution in [0.5, 0.6) is 0 Å². The van der Waals surface area contributed by atoms with E-state index in [2.05, 4.69) is 27.0 Å². The molecule has 1 amide bonds. The van der Waals surface area contributed by atoms with Gasteiger partial charge < -0.3 is 14.5 Å². The van der Waals surface area contributed by atoms with E-state index < -0.39 is 20.2 Å². The predicted molar refractivity (Wildman–Crippen MR) is 222 cm³/mol. The summed E-state index contributed by atoms with van der Waals surface area (Å²) in [7, 11) is -4.05. The molecule has 292 valence electrons. The second kappa shape index (κ2) is 18.5. The van der Waals surface area contributed by atoms with E-state index in [1.54, 1.807) is 36.4 Å². The number of para-hydroxylation sites is 1. The Kier molecular flexibility index (Phi) is 13.5. The Morgan fingerprint density at radius 3 is 1.60 bits per heavy atom. The second-order valence-electron chi connectivity index (χ2n) is 12.9. The Labute approximate surface area is 331 Å². The minimum absolute atomic E-state index is 0.0666. The number of amides is 1. The van der Waals surface area contributed by atoms with E-state index in [0.717, 1.165) is 44.1 Å². The fraction of sp³-hybridized carbons (Fsp3) is 0.0930. The molecule has 0 atom stereocenters. The first-order chi connectivity index (χ1) is 27.0. The zero-order valence-corrected chi connectivity index (χ0v) is 33.2. The van der Waals surface area contributed by atoms with Crippen molar-refractivity contribution in [1.29, 1.82) is 0 Å². The first kappa shape index (κ1) is 41.7. The molecule has 0 spiro atoms. The van der Waals surface area contributed by atoms with Crippen molar-refractivity contribution >= 4 is 54.1 Å². The van der Waals surface area contributed by atoms with Crippen molar-refractivity contribution in [2.75, 3.05) is 5.32 Å². The molecule has 57 heavy (non-hydrogen) atoms. The van der Waals surface area contributed by atoms with Gasteiger partial charge in [-0.15, -0.1) is 0 Å². The van der Waals surface area contributed by atoms with E-state index in [1.165, 1.54) is 24.3 Å². The molecule has 0 unspecified atom stereocenters. The van der Waals surface area contributed by atoms with E-state index in [1.807, 2.05) is 118 Å². The van der Waals surface area contributed by atoms with Crippen molar-refractivity contribution in [3.8, 4) is 0 Å². The van der Waals surface area contributed by atoms with Crippen molar-refractivity contribution in [3.05, 3.63) is 186 Å². The fourth-order valence-electron chi connectivity index (χ4n) is 5.23. The van der Waals surface area contributed by atoms with Gasteiger partial charge in [-0.25, -0.2) is 9.98 Å². The largest absolute Gasteiger partial charge is 0.357 e. The summed E-state index contributed by atoms with van der Waals surface area (Å²) in [5.41, 5.74) is 5.92. The molecule has 0 aliphatic carbocycles. The highest BCUT2D eigenvalue weighted by atomic mass is 32.2. The SMILES string of the molecule is Cc1ccc(S(=O)(=O)O)cc1.Cc1ccc(S(=O)(=O)O)cc1.Cn1ccc(=Nc2ccc(NC(=O)c3ccc(N=c4ccn(C)c5ccccc45)cc3)cc2)cc1. The lowest BCUT2D eigenvalue weighted by atomic mass is 10.1. The molecular formula is C43H41N5O7S2. The molecule has 12 nitrogen and oxygen atoms in total. The van der Waals surface area contributed by atoms with Gasteiger partial charge in [-0.05, 0) is 111 Å². The molecule has 2 aromatic heterocycles. The van der Waals surface area contributed by atoms with Gasteiger partial charge in [0, 0.05) is 54.8 Å². The highest BCUT2D eigenvalue weighted by Crippen LogP contribution is 2.19. The van der Waals surface area contributed by atoms with Crippen LogP contribution in [0.1, 0.15) is 21.5 Å². The third-order valence-corrected chi connectivity index (χ3v) is 10.1. The molecule has 0 saturated heterocycles. The minimum atomic E-state index is -4.02. The number of anilines is 1. The molecule has 0 aliphatic heterocycles. The van der Waals surface area contributed by atoms with Gasteiger partial charge >= 0.3 is 0 Å². The number of aromatic nitrogens is 2. The first-order valence-electron chi connectivity index (χ1n) is 17.4. The Bertz CT molecular complexity index is 2760. The topological polar surface area (TPSA) is 172 Å². The summed E-state index contributed by atoms with van der Waals surface area (Å²) in [6.45, 7) is 3.68. The van der Waals surface area contributed by atoms with E-state index in [9.17, 15) is 21.6 Å². The summed E-state index contributed by atoms with van der Waals surface area (Å²) >= 11 is 0. The van der Waals surface area contributed by atoms with Gasteiger partial charge in [-0.2, -0.15) is 16.8 Å². The molecule has 14 heteroatoms. The van der Waals surface area contributed by atoms with Crippen LogP contribution >= 0.6 is 0 Å². The summed E-state index contributed by atoms with van der Waals surface area (Å²) in [5, 5.41) is 5.79. The average Bonchev–Trinajstić information content (AvgIpc) is 3.18. The smallest absolute Gasteiger partial charge is 0.294 e. The van der Waals surface area contributed by atoms with Crippen molar-refractivity contribution in [2.45, 2.75) is 23.6 Å². The molecule has 7 rings (SSSR count). The molecule has 5 aromatic carbocycles. The van der Waals surface area contributed by atoms with Gasteiger partial charge in [0.25, 0.3) is 26.1 Å². The fourth-order valence-corrected chi connectivity index (χ4v) is 6.19. The van der Waals surface area contributed by atoms with Crippen molar-refractivity contribution in [1.82, 2.24) is 9.13 Å². The van der Waals surface area contributed by atoms with Crippen LogP contribution < -0.4 is 16.0 Å². The maximum atomic E-state index is 12.7. The van der Waals surface area contributed by atoms with Gasteiger partial charge in [-0.3, -0.25) is 13.9 Å². The molecule has 2 heterocycles. The van der Waals surface area contributed by atoms with Crippen LogP contribution in [-0.4, -0.2) is 41.0 Å². The molecule has 0 saturated carbocycles. The Balaban J connectivity index is 0.000000229. The Morgan fingerprint density at radius 2 is 1.07 bits per heavy atom. The zero-order chi connectivity index (χ0) is 41.2. The predicted octanol–water partition coefficient (Wildman–Crippen LogP) is 7.72. The number of rotatable bonds is 6. The van der Waals surface area contributed by atoms with E-state index in [4.69, 9.17) is 14.1 Å². The number of hydrogen-bond acceptors (Lipinski definition) is 7. The number of carbonyl (C=O) groups excluding carboxylic acids is 1. The number of aryl methyl sites for hydroxylation is 4. The standard InChI is InChI=1S/C29H25N5O.2C7H8O3S/c1-33-18-15-25(16-19-33)30-22-11-13-24(14-12-22)32-29(35)21-7-9-23(10-8-21)31-27-17-20-34(2)28-6-4-3-5-26(27)28;2*1-6-2-4-7(5-3-6)11(8,9)10/h3-20H,1-2H3,(H,32,35);2*2-5H,1H3,(H,8,9,10). The molecule has 0 aliphatic rings. The lowest BCUT2D eigenvalue weighted by molar-refractivity contribution is 0.102. The number of carbonyl (C=O) groups is 1. The minimum Gasteiger partial charge on any atom is -0.357 e. The molecule has 3 N–H and O–H groups in total. The van der Waals surface area contributed by atoms with Gasteiger partial charge in [0.2, 0.25) is 0 Å². The Morgan fingerprint density at radius 1 is 0.579 bits per heavy atom. The normalized spacial score (nSPS) is 11.4. The van der Waals surface area contributed by atoms with Crippen LogP contribution in [0.15, 0.2) is 178 Å². The van der Waals surface area contributed by atoms with Gasteiger partial charge in [0.05, 0.1) is 31.9 Å².